The van der Waals surface area contributed by atoms with Gasteiger partial charge in [-0.05, 0) is 31.0 Å². The molecule has 1 aromatic rings. The zero-order valence-corrected chi connectivity index (χ0v) is 15.7. The SMILES string of the molecule is COc1ccc(Cl)cc1CNC(=O)CN1CCN(C2CCCC2)CC1. The molecule has 6 heteroatoms. The average molecular weight is 366 g/mol. The molecule has 1 aromatic carbocycles. The molecule has 1 aliphatic heterocycles. The Morgan fingerprint density at radius 2 is 1.96 bits per heavy atom. The van der Waals surface area contributed by atoms with Crippen molar-refractivity contribution in [1.82, 2.24) is 15.1 Å². The molecule has 1 heterocycles. The van der Waals surface area contributed by atoms with Gasteiger partial charge in [0.15, 0.2) is 0 Å². The third-order valence-electron chi connectivity index (χ3n) is 5.33. The van der Waals surface area contributed by atoms with E-state index in [0.717, 1.165) is 43.5 Å². The highest BCUT2D eigenvalue weighted by atomic mass is 35.5. The molecule has 1 N–H and O–H groups in total. The van der Waals surface area contributed by atoms with E-state index in [1.165, 1.54) is 25.7 Å². The Bertz CT molecular complexity index is 582. The highest BCUT2D eigenvalue weighted by Gasteiger charge is 2.26. The van der Waals surface area contributed by atoms with Crippen LogP contribution in [0.3, 0.4) is 0 Å². The average Bonchev–Trinajstić information content (AvgIpc) is 3.15. The first-order valence-electron chi connectivity index (χ1n) is 9.21. The summed E-state index contributed by atoms with van der Waals surface area (Å²) in [6.45, 7) is 5.01. The highest BCUT2D eigenvalue weighted by molar-refractivity contribution is 6.30. The van der Waals surface area contributed by atoms with Crippen molar-refractivity contribution < 1.29 is 9.53 Å². The first kappa shape index (κ1) is 18.5. The largest absolute Gasteiger partial charge is 0.496 e. The number of amides is 1. The minimum Gasteiger partial charge on any atom is -0.496 e. The van der Waals surface area contributed by atoms with E-state index in [2.05, 4.69) is 15.1 Å². The van der Waals surface area contributed by atoms with Crippen molar-refractivity contribution in [3.63, 3.8) is 0 Å². The summed E-state index contributed by atoms with van der Waals surface area (Å²) in [5.41, 5.74) is 0.898. The lowest BCUT2D eigenvalue weighted by molar-refractivity contribution is -0.122. The molecular weight excluding hydrogens is 338 g/mol. The van der Waals surface area contributed by atoms with Crippen LogP contribution < -0.4 is 10.1 Å². The fourth-order valence-electron chi connectivity index (χ4n) is 3.89. The molecule has 0 unspecified atom stereocenters. The minimum absolute atomic E-state index is 0.0522. The number of benzene rings is 1. The number of ether oxygens (including phenoxy) is 1. The molecular formula is C19H28ClN3O2. The van der Waals surface area contributed by atoms with Crippen molar-refractivity contribution in [2.45, 2.75) is 38.3 Å². The molecule has 3 rings (SSSR count). The number of carbonyl (C=O) groups is 1. The van der Waals surface area contributed by atoms with Gasteiger partial charge in [-0.2, -0.15) is 0 Å². The van der Waals surface area contributed by atoms with Crippen molar-refractivity contribution in [3.05, 3.63) is 28.8 Å². The quantitative estimate of drug-likeness (QED) is 0.841. The molecule has 1 aliphatic carbocycles. The van der Waals surface area contributed by atoms with Crippen molar-refractivity contribution in [2.75, 3.05) is 39.8 Å². The van der Waals surface area contributed by atoms with Gasteiger partial charge >= 0.3 is 0 Å². The van der Waals surface area contributed by atoms with Gasteiger partial charge in [-0.1, -0.05) is 24.4 Å². The second-order valence-corrected chi connectivity index (χ2v) is 7.42. The molecule has 138 valence electrons. The van der Waals surface area contributed by atoms with E-state index in [1.807, 2.05) is 12.1 Å². The number of carbonyl (C=O) groups excluding carboxylic acids is 1. The summed E-state index contributed by atoms with van der Waals surface area (Å²) >= 11 is 6.03. The van der Waals surface area contributed by atoms with Crippen molar-refractivity contribution in [3.8, 4) is 5.75 Å². The zero-order chi connectivity index (χ0) is 17.6. The molecule has 25 heavy (non-hydrogen) atoms. The first-order chi connectivity index (χ1) is 12.2. The summed E-state index contributed by atoms with van der Waals surface area (Å²) in [4.78, 5) is 17.1. The highest BCUT2D eigenvalue weighted by Crippen LogP contribution is 2.24. The van der Waals surface area contributed by atoms with E-state index >= 15 is 0 Å². The van der Waals surface area contributed by atoms with Crippen LogP contribution in [-0.4, -0.2) is 61.6 Å². The van der Waals surface area contributed by atoms with E-state index < -0.39 is 0 Å². The van der Waals surface area contributed by atoms with Crippen LogP contribution in [0.2, 0.25) is 5.02 Å². The molecule has 0 bridgehead atoms. The van der Waals surface area contributed by atoms with Gasteiger partial charge in [-0.25, -0.2) is 0 Å². The zero-order valence-electron chi connectivity index (χ0n) is 15.0. The topological polar surface area (TPSA) is 44.8 Å². The molecule has 1 saturated carbocycles. The van der Waals surface area contributed by atoms with Gasteiger partial charge in [0, 0.05) is 49.4 Å². The van der Waals surface area contributed by atoms with Gasteiger partial charge in [0.05, 0.1) is 13.7 Å². The number of nitrogens with one attached hydrogen (secondary N) is 1. The van der Waals surface area contributed by atoms with E-state index in [0.29, 0.717) is 18.1 Å². The normalized spacial score (nSPS) is 19.9. The van der Waals surface area contributed by atoms with Crippen molar-refractivity contribution >= 4 is 17.5 Å². The monoisotopic (exact) mass is 365 g/mol. The predicted molar refractivity (Wildman–Crippen MR) is 100 cm³/mol. The summed E-state index contributed by atoms with van der Waals surface area (Å²) in [6.07, 6.45) is 5.45. The Morgan fingerprint density at radius 1 is 1.24 bits per heavy atom. The van der Waals surface area contributed by atoms with Gasteiger partial charge in [-0.3, -0.25) is 14.6 Å². The van der Waals surface area contributed by atoms with Crippen LogP contribution in [0, 0.1) is 0 Å². The summed E-state index contributed by atoms with van der Waals surface area (Å²) in [5, 5.41) is 3.63. The second-order valence-electron chi connectivity index (χ2n) is 6.98. The molecule has 1 saturated heterocycles. The van der Waals surface area contributed by atoms with Crippen LogP contribution in [0.25, 0.3) is 0 Å². The second kappa shape index (κ2) is 8.88. The maximum absolute atomic E-state index is 12.3. The van der Waals surface area contributed by atoms with E-state index in [4.69, 9.17) is 16.3 Å². The maximum Gasteiger partial charge on any atom is 0.234 e. The fraction of sp³-hybridized carbons (Fsp3) is 0.632. The van der Waals surface area contributed by atoms with Crippen LogP contribution in [-0.2, 0) is 11.3 Å². The molecule has 5 nitrogen and oxygen atoms in total. The maximum atomic E-state index is 12.3. The Morgan fingerprint density at radius 3 is 2.64 bits per heavy atom. The minimum atomic E-state index is 0.0522. The van der Waals surface area contributed by atoms with E-state index in [-0.39, 0.29) is 5.91 Å². The van der Waals surface area contributed by atoms with Gasteiger partial charge in [0.25, 0.3) is 0 Å². The van der Waals surface area contributed by atoms with Crippen LogP contribution in [0.4, 0.5) is 0 Å². The van der Waals surface area contributed by atoms with Gasteiger partial charge < -0.3 is 10.1 Å². The standard InChI is InChI=1S/C19H28ClN3O2/c1-25-18-7-6-16(20)12-15(18)13-21-19(24)14-22-8-10-23(11-9-22)17-4-2-3-5-17/h6-7,12,17H,2-5,8-11,13-14H2,1H3,(H,21,24). The number of piperazine rings is 1. The molecule has 0 spiro atoms. The van der Waals surface area contributed by atoms with Crippen LogP contribution in [0.15, 0.2) is 18.2 Å². The Kier molecular flexibility index (Phi) is 6.57. The molecule has 0 aromatic heterocycles. The number of nitrogens with zero attached hydrogens (tertiary/aromatic N) is 2. The van der Waals surface area contributed by atoms with Gasteiger partial charge in [0.2, 0.25) is 5.91 Å². The summed E-state index contributed by atoms with van der Waals surface area (Å²) in [7, 11) is 1.62. The Hall–Kier alpha value is -1.30. The number of hydrogen-bond donors (Lipinski definition) is 1. The van der Waals surface area contributed by atoms with Crippen LogP contribution >= 0.6 is 11.6 Å². The van der Waals surface area contributed by atoms with E-state index in [1.54, 1.807) is 13.2 Å². The molecule has 1 amide bonds. The number of rotatable bonds is 6. The summed E-state index contributed by atoms with van der Waals surface area (Å²) in [6, 6.07) is 6.23. The summed E-state index contributed by atoms with van der Waals surface area (Å²) < 4.78 is 5.32. The van der Waals surface area contributed by atoms with Crippen LogP contribution in [0.5, 0.6) is 5.75 Å². The van der Waals surface area contributed by atoms with Gasteiger partial charge in [-0.15, -0.1) is 0 Å². The lowest BCUT2D eigenvalue weighted by atomic mass is 10.2. The molecule has 0 atom stereocenters. The molecule has 0 radical (unpaired) electrons. The number of hydrogen-bond acceptors (Lipinski definition) is 4. The fourth-order valence-corrected chi connectivity index (χ4v) is 4.09. The third kappa shape index (κ3) is 5.09. The first-order valence-corrected chi connectivity index (χ1v) is 9.59. The lowest BCUT2D eigenvalue weighted by Crippen LogP contribution is -2.51. The predicted octanol–water partition coefficient (Wildman–Crippen LogP) is 2.53. The lowest BCUT2D eigenvalue weighted by Gasteiger charge is -2.37. The van der Waals surface area contributed by atoms with Gasteiger partial charge in [0.1, 0.15) is 5.75 Å². The summed E-state index contributed by atoms with van der Waals surface area (Å²) in [5.74, 6) is 0.797. The smallest absolute Gasteiger partial charge is 0.234 e. The third-order valence-corrected chi connectivity index (χ3v) is 5.57. The van der Waals surface area contributed by atoms with E-state index in [9.17, 15) is 4.79 Å². The van der Waals surface area contributed by atoms with Crippen LogP contribution in [0.1, 0.15) is 31.2 Å². The van der Waals surface area contributed by atoms with Crippen molar-refractivity contribution in [2.24, 2.45) is 0 Å². The molecule has 2 aliphatic rings. The molecule has 2 fully saturated rings. The number of halogens is 1. The number of methoxy groups -OCH3 is 1. The Balaban J connectivity index is 1.42. The van der Waals surface area contributed by atoms with Crippen molar-refractivity contribution in [1.29, 1.82) is 0 Å². The Labute approximate surface area is 155 Å².